The number of benzene rings is 2. The number of anilines is 1. The van der Waals surface area contributed by atoms with Gasteiger partial charge < -0.3 is 4.90 Å². The van der Waals surface area contributed by atoms with Gasteiger partial charge in [-0.2, -0.15) is 13.2 Å². The lowest BCUT2D eigenvalue weighted by Gasteiger charge is -2.25. The summed E-state index contributed by atoms with van der Waals surface area (Å²) in [5, 5.41) is 0. The Hall–Kier alpha value is -2.46. The van der Waals surface area contributed by atoms with Crippen LogP contribution in [0.1, 0.15) is 34.3 Å². The van der Waals surface area contributed by atoms with Crippen LogP contribution in [0.4, 0.5) is 23.2 Å². The molecule has 0 aromatic heterocycles. The van der Waals surface area contributed by atoms with Crippen LogP contribution in [0.15, 0.2) is 42.5 Å². The smallest absolute Gasteiger partial charge is 0.337 e. The molecule has 0 saturated carbocycles. The van der Waals surface area contributed by atoms with Gasteiger partial charge in [-0.3, -0.25) is 14.0 Å². The Morgan fingerprint density at radius 1 is 1.15 bits per heavy atom. The molecular formula is C23H25F4N3O2S. The predicted octanol–water partition coefficient (Wildman–Crippen LogP) is 4.06. The molecule has 2 aromatic rings. The van der Waals surface area contributed by atoms with Crippen molar-refractivity contribution in [3.05, 3.63) is 65.0 Å². The lowest BCUT2D eigenvalue weighted by molar-refractivity contribution is -0.140. The van der Waals surface area contributed by atoms with Crippen molar-refractivity contribution >= 4 is 22.6 Å². The molecule has 2 aliphatic heterocycles. The second-order valence-electron chi connectivity index (χ2n) is 8.45. The number of carbonyl (C=O) groups is 1. The summed E-state index contributed by atoms with van der Waals surface area (Å²) in [5.41, 5.74) is 0.568. The number of alkyl halides is 3. The molecule has 0 aliphatic carbocycles. The zero-order valence-corrected chi connectivity index (χ0v) is 19.0. The third-order valence-electron chi connectivity index (χ3n) is 6.17. The maximum atomic E-state index is 13.9. The summed E-state index contributed by atoms with van der Waals surface area (Å²) in [7, 11) is 0.807. The second kappa shape index (κ2) is 9.42. The summed E-state index contributed by atoms with van der Waals surface area (Å²) < 4.78 is 66.0. The fourth-order valence-electron chi connectivity index (χ4n) is 4.33. The number of rotatable bonds is 5. The molecule has 0 spiro atoms. The first kappa shape index (κ1) is 23.7. The number of hydrogen-bond acceptors (Lipinski definition) is 3. The van der Waals surface area contributed by atoms with Crippen LogP contribution in [0.3, 0.4) is 0 Å². The average Bonchev–Trinajstić information content (AvgIpc) is 3.42. The molecule has 2 heterocycles. The van der Waals surface area contributed by atoms with Gasteiger partial charge in [0.15, 0.2) is 0 Å². The molecule has 2 unspecified atom stereocenters. The number of carbonyl (C=O) groups excluding carboxylic acids is 1. The fraction of sp³-hybridized carbons (Fsp3) is 0.435. The average molecular weight is 484 g/mol. The van der Waals surface area contributed by atoms with Crippen molar-refractivity contribution in [2.24, 2.45) is 0 Å². The highest BCUT2D eigenvalue weighted by atomic mass is 32.2. The number of likely N-dealkylation sites (N-methyl/N-ethyl adjacent to an activating group) is 1. The molecule has 4 rings (SSSR count). The molecule has 178 valence electrons. The SMILES string of the molecule is CN(Cc1ccc(C(F)(F)F)c(F)c1)C1CCN(C(=O)c2ccc(N3CCCS3=O)cc2)C1. The monoisotopic (exact) mass is 483 g/mol. The maximum absolute atomic E-state index is 13.9. The van der Waals surface area contributed by atoms with Crippen molar-refractivity contribution in [1.29, 1.82) is 0 Å². The lowest BCUT2D eigenvalue weighted by Crippen LogP contribution is -2.36. The third kappa shape index (κ3) is 5.22. The molecule has 1 amide bonds. The zero-order chi connectivity index (χ0) is 23.8. The van der Waals surface area contributed by atoms with Crippen LogP contribution in [0.25, 0.3) is 0 Å². The molecule has 10 heteroatoms. The number of likely N-dealkylation sites (tertiary alicyclic amines) is 1. The summed E-state index contributed by atoms with van der Waals surface area (Å²) in [5.74, 6) is -0.721. The fourth-order valence-corrected chi connectivity index (χ4v) is 5.62. The molecule has 2 aliphatic rings. The van der Waals surface area contributed by atoms with Crippen LogP contribution in [0.5, 0.6) is 0 Å². The molecule has 2 saturated heterocycles. The second-order valence-corrected chi connectivity index (χ2v) is 9.94. The van der Waals surface area contributed by atoms with Crippen molar-refractivity contribution < 1.29 is 26.6 Å². The Morgan fingerprint density at radius 2 is 1.88 bits per heavy atom. The van der Waals surface area contributed by atoms with Gasteiger partial charge in [-0.05, 0) is 61.9 Å². The molecule has 2 aromatic carbocycles. The Morgan fingerprint density at radius 3 is 2.48 bits per heavy atom. The highest BCUT2D eigenvalue weighted by Gasteiger charge is 2.34. The number of halogens is 4. The number of nitrogens with zero attached hydrogens (tertiary/aromatic N) is 3. The van der Waals surface area contributed by atoms with E-state index in [0.29, 0.717) is 30.0 Å². The van der Waals surface area contributed by atoms with E-state index in [1.54, 1.807) is 17.0 Å². The van der Waals surface area contributed by atoms with Gasteiger partial charge in [0.2, 0.25) is 0 Å². The lowest BCUT2D eigenvalue weighted by atomic mass is 10.1. The van der Waals surface area contributed by atoms with E-state index in [1.807, 2.05) is 28.4 Å². The van der Waals surface area contributed by atoms with E-state index in [-0.39, 0.29) is 18.5 Å². The first-order valence-electron chi connectivity index (χ1n) is 10.7. The van der Waals surface area contributed by atoms with Gasteiger partial charge in [0, 0.05) is 49.2 Å². The summed E-state index contributed by atoms with van der Waals surface area (Å²) in [6.45, 7) is 2.07. The van der Waals surface area contributed by atoms with E-state index < -0.39 is 28.5 Å². The maximum Gasteiger partial charge on any atom is 0.419 e. The highest BCUT2D eigenvalue weighted by molar-refractivity contribution is 7.86. The van der Waals surface area contributed by atoms with Crippen LogP contribution in [0.2, 0.25) is 0 Å². The first-order valence-corrected chi connectivity index (χ1v) is 12.0. The first-order chi connectivity index (χ1) is 15.6. The molecule has 33 heavy (non-hydrogen) atoms. The summed E-state index contributed by atoms with van der Waals surface area (Å²) in [6, 6.07) is 10.1. The molecule has 0 N–H and O–H groups in total. The summed E-state index contributed by atoms with van der Waals surface area (Å²) in [4.78, 5) is 16.6. The minimum absolute atomic E-state index is 0.0191. The van der Waals surface area contributed by atoms with Crippen molar-refractivity contribution in [3.63, 3.8) is 0 Å². The molecule has 2 fully saturated rings. The standard InChI is InChI=1S/C23H25F4N3O2S/c1-28(14-16-3-8-20(21(24)13-16)23(25,26)27)19-9-11-29(15-19)22(31)17-4-6-18(7-5-17)30-10-2-12-33(30)32/h3-8,13,19H,2,9-12,14-15H2,1H3. The van der Waals surface area contributed by atoms with Gasteiger partial charge in [0.05, 0.1) is 5.56 Å². The van der Waals surface area contributed by atoms with Crippen LogP contribution < -0.4 is 4.31 Å². The van der Waals surface area contributed by atoms with Gasteiger partial charge in [-0.25, -0.2) is 8.60 Å². The van der Waals surface area contributed by atoms with Crippen molar-refractivity contribution in [1.82, 2.24) is 9.80 Å². The Bertz CT molecular complexity index is 1040. The van der Waals surface area contributed by atoms with E-state index in [1.165, 1.54) is 6.07 Å². The van der Waals surface area contributed by atoms with Crippen LogP contribution in [-0.4, -0.2) is 58.4 Å². The predicted molar refractivity (Wildman–Crippen MR) is 119 cm³/mol. The van der Waals surface area contributed by atoms with Crippen molar-refractivity contribution in [3.8, 4) is 0 Å². The summed E-state index contributed by atoms with van der Waals surface area (Å²) >= 11 is 0. The number of hydrogen-bond donors (Lipinski definition) is 0. The largest absolute Gasteiger partial charge is 0.419 e. The molecule has 0 radical (unpaired) electrons. The zero-order valence-electron chi connectivity index (χ0n) is 18.1. The topological polar surface area (TPSA) is 43.9 Å². The molecular weight excluding hydrogens is 458 g/mol. The van der Waals surface area contributed by atoms with E-state index in [4.69, 9.17) is 0 Å². The molecule has 0 bridgehead atoms. The van der Waals surface area contributed by atoms with E-state index >= 15 is 0 Å². The minimum atomic E-state index is -4.72. The van der Waals surface area contributed by atoms with Crippen LogP contribution in [0, 0.1) is 5.82 Å². The Kier molecular flexibility index (Phi) is 6.76. The van der Waals surface area contributed by atoms with Gasteiger partial charge in [-0.15, -0.1) is 0 Å². The highest BCUT2D eigenvalue weighted by Crippen LogP contribution is 2.32. The van der Waals surface area contributed by atoms with Crippen molar-refractivity contribution in [2.45, 2.75) is 31.6 Å². The normalized spacial score (nSPS) is 21.3. The van der Waals surface area contributed by atoms with E-state index in [2.05, 4.69) is 0 Å². The third-order valence-corrected chi connectivity index (χ3v) is 7.70. The van der Waals surface area contributed by atoms with E-state index in [9.17, 15) is 26.6 Å². The minimum Gasteiger partial charge on any atom is -0.337 e. The van der Waals surface area contributed by atoms with E-state index in [0.717, 1.165) is 37.2 Å². The van der Waals surface area contributed by atoms with Crippen LogP contribution >= 0.6 is 0 Å². The van der Waals surface area contributed by atoms with Crippen molar-refractivity contribution in [2.75, 3.05) is 36.7 Å². The Balaban J connectivity index is 1.35. The van der Waals surface area contributed by atoms with Gasteiger partial charge in [-0.1, -0.05) is 6.07 Å². The summed E-state index contributed by atoms with van der Waals surface area (Å²) in [6.07, 6.45) is -3.12. The van der Waals surface area contributed by atoms with Crippen LogP contribution in [-0.2, 0) is 23.7 Å². The molecule has 2 atom stereocenters. The molecule has 5 nitrogen and oxygen atoms in total. The number of amides is 1. The quantitative estimate of drug-likeness (QED) is 0.603. The van der Waals surface area contributed by atoms with Gasteiger partial charge >= 0.3 is 6.18 Å². The Labute approximate surface area is 192 Å². The van der Waals surface area contributed by atoms with Gasteiger partial charge in [0.1, 0.15) is 16.8 Å². The van der Waals surface area contributed by atoms with Gasteiger partial charge in [0.25, 0.3) is 5.91 Å².